The zero-order valence-electron chi connectivity index (χ0n) is 17.2. The monoisotopic (exact) mass is 348 g/mol. The molecule has 25 heavy (non-hydrogen) atoms. The minimum atomic E-state index is 0.332. The van der Waals surface area contributed by atoms with Crippen LogP contribution in [-0.4, -0.2) is 18.0 Å². The van der Waals surface area contributed by atoms with Crippen molar-refractivity contribution in [2.24, 2.45) is 46.3 Å². The predicted molar refractivity (Wildman–Crippen MR) is 103 cm³/mol. The van der Waals surface area contributed by atoms with Crippen LogP contribution in [-0.2, 0) is 4.79 Å². The van der Waals surface area contributed by atoms with Gasteiger partial charge in [0.2, 0.25) is 0 Å². The molecule has 144 valence electrons. The normalized spacial score (nSPS) is 51.4. The molecule has 4 fully saturated rings. The van der Waals surface area contributed by atoms with Gasteiger partial charge in [0.05, 0.1) is 0 Å². The Kier molecular flexibility index (Phi) is 5.42. The van der Waals surface area contributed by atoms with Gasteiger partial charge < -0.3 is 5.11 Å². The van der Waals surface area contributed by atoms with Crippen LogP contribution in [0.15, 0.2) is 0 Å². The first kappa shape index (κ1) is 19.4. The van der Waals surface area contributed by atoms with Gasteiger partial charge in [-0.25, -0.2) is 0 Å². The van der Waals surface area contributed by atoms with Crippen molar-refractivity contribution in [1.82, 2.24) is 0 Å². The Morgan fingerprint density at radius 1 is 0.880 bits per heavy atom. The summed E-state index contributed by atoms with van der Waals surface area (Å²) in [5, 5.41) is 7.00. The Bertz CT molecular complexity index is 500. The Hall–Kier alpha value is -0.370. The lowest BCUT2D eigenvalue weighted by Crippen LogP contribution is -2.53. The molecule has 0 aliphatic heterocycles. The van der Waals surface area contributed by atoms with E-state index in [9.17, 15) is 4.79 Å². The molecule has 0 radical (unpaired) electrons. The summed E-state index contributed by atoms with van der Waals surface area (Å²) in [5.41, 5.74) is 0.948. The molecule has 4 rings (SSSR count). The summed E-state index contributed by atoms with van der Waals surface area (Å²) < 4.78 is 0. The molecular weight excluding hydrogens is 308 g/mol. The highest BCUT2D eigenvalue weighted by atomic mass is 16.2. The molecule has 0 heterocycles. The van der Waals surface area contributed by atoms with E-state index in [1.54, 1.807) is 0 Å². The molecule has 0 saturated heterocycles. The maximum atomic E-state index is 12.2. The average molecular weight is 349 g/mol. The van der Waals surface area contributed by atoms with Crippen molar-refractivity contribution in [2.45, 2.75) is 85.5 Å². The van der Waals surface area contributed by atoms with Crippen LogP contribution < -0.4 is 0 Å². The van der Waals surface area contributed by atoms with Crippen molar-refractivity contribution >= 4 is 5.78 Å². The highest BCUT2D eigenvalue weighted by Gasteiger charge is 2.60. The summed E-state index contributed by atoms with van der Waals surface area (Å²) in [4.78, 5) is 12.2. The van der Waals surface area contributed by atoms with E-state index in [1.165, 1.54) is 57.8 Å². The second kappa shape index (κ2) is 6.98. The fourth-order valence-electron chi connectivity index (χ4n) is 8.14. The van der Waals surface area contributed by atoms with Gasteiger partial charge in [0.15, 0.2) is 0 Å². The molecule has 0 bridgehead atoms. The van der Waals surface area contributed by atoms with Crippen LogP contribution in [0.5, 0.6) is 0 Å². The topological polar surface area (TPSA) is 37.3 Å². The van der Waals surface area contributed by atoms with E-state index in [-0.39, 0.29) is 0 Å². The summed E-state index contributed by atoms with van der Waals surface area (Å²) in [6.45, 7) is 9.45. The SMILES string of the molecule is CC(=O)[C@H]1CCC2C3CCC4CC(C)CCC4(C)C3CCC21C.CO. The summed E-state index contributed by atoms with van der Waals surface area (Å²) in [5.74, 6) is 5.50. The number of rotatable bonds is 1. The zero-order valence-corrected chi connectivity index (χ0v) is 17.2. The molecule has 4 saturated carbocycles. The standard InChI is InChI=1S/C22H36O.CH4O/c1-14-9-11-21(3)16(13-14)5-6-17-19-8-7-18(15(2)23)22(19,4)12-10-20(17)21;1-2/h14,16-20H,5-13H2,1-4H3;2H,1H3/t14?,16?,17?,18-,19?,20?,21?,22?;/m1./s1. The largest absolute Gasteiger partial charge is 0.400 e. The van der Waals surface area contributed by atoms with E-state index in [0.29, 0.717) is 22.5 Å². The van der Waals surface area contributed by atoms with Gasteiger partial charge >= 0.3 is 0 Å². The molecule has 8 atom stereocenters. The van der Waals surface area contributed by atoms with E-state index in [0.717, 1.165) is 36.7 Å². The molecule has 2 nitrogen and oxygen atoms in total. The van der Waals surface area contributed by atoms with Gasteiger partial charge in [-0.05, 0) is 98.7 Å². The Balaban J connectivity index is 0.000000880. The third kappa shape index (κ3) is 2.91. The van der Waals surface area contributed by atoms with Crippen molar-refractivity contribution in [3.63, 3.8) is 0 Å². The highest BCUT2D eigenvalue weighted by Crippen LogP contribution is 2.67. The number of hydrogen-bond donors (Lipinski definition) is 1. The number of Topliss-reactive ketones (excluding diaryl/α,β-unsaturated/α-hetero) is 1. The summed E-state index contributed by atoms with van der Waals surface area (Å²) in [7, 11) is 1.00. The minimum Gasteiger partial charge on any atom is -0.400 e. The third-order valence-electron chi connectivity index (χ3n) is 9.42. The minimum absolute atomic E-state index is 0.332. The van der Waals surface area contributed by atoms with Crippen molar-refractivity contribution in [3.8, 4) is 0 Å². The Morgan fingerprint density at radius 2 is 1.52 bits per heavy atom. The quantitative estimate of drug-likeness (QED) is 0.681. The number of aliphatic hydroxyl groups is 1. The number of carbonyl (C=O) groups excluding carboxylic acids is 1. The third-order valence-corrected chi connectivity index (χ3v) is 9.42. The number of fused-ring (bicyclic) bond motifs is 5. The van der Waals surface area contributed by atoms with Gasteiger partial charge in [0.1, 0.15) is 5.78 Å². The van der Waals surface area contributed by atoms with Gasteiger partial charge in [-0.1, -0.05) is 27.2 Å². The van der Waals surface area contributed by atoms with Crippen molar-refractivity contribution in [1.29, 1.82) is 0 Å². The smallest absolute Gasteiger partial charge is 0.133 e. The maximum Gasteiger partial charge on any atom is 0.133 e. The van der Waals surface area contributed by atoms with Crippen molar-refractivity contribution in [2.75, 3.05) is 7.11 Å². The number of hydrogen-bond acceptors (Lipinski definition) is 2. The first-order valence-electron chi connectivity index (χ1n) is 10.8. The van der Waals surface area contributed by atoms with Crippen molar-refractivity contribution in [3.05, 3.63) is 0 Å². The lowest BCUT2D eigenvalue weighted by Gasteiger charge is -2.61. The van der Waals surface area contributed by atoms with Crippen LogP contribution in [0, 0.1) is 46.3 Å². The van der Waals surface area contributed by atoms with Gasteiger partial charge in [-0.3, -0.25) is 4.79 Å². The van der Waals surface area contributed by atoms with E-state index < -0.39 is 0 Å². The molecule has 0 aromatic heterocycles. The van der Waals surface area contributed by atoms with Crippen molar-refractivity contribution < 1.29 is 9.90 Å². The summed E-state index contributed by atoms with van der Waals surface area (Å²) >= 11 is 0. The van der Waals surface area contributed by atoms with E-state index in [4.69, 9.17) is 5.11 Å². The Morgan fingerprint density at radius 3 is 2.20 bits per heavy atom. The molecule has 1 N–H and O–H groups in total. The molecule has 2 heteroatoms. The first-order chi connectivity index (χ1) is 11.9. The Labute approximate surface area is 155 Å². The summed E-state index contributed by atoms with van der Waals surface area (Å²) in [6.07, 6.45) is 12.6. The number of carbonyl (C=O) groups is 1. The van der Waals surface area contributed by atoms with Crippen LogP contribution in [0.3, 0.4) is 0 Å². The molecule has 4 aliphatic carbocycles. The number of ketones is 1. The molecule has 4 aliphatic rings. The van der Waals surface area contributed by atoms with E-state index in [1.807, 2.05) is 6.92 Å². The fraction of sp³-hybridized carbons (Fsp3) is 0.957. The molecule has 0 aromatic carbocycles. The lowest BCUT2D eigenvalue weighted by molar-refractivity contribution is -0.135. The molecule has 0 aromatic rings. The molecular formula is C23H40O2. The first-order valence-corrected chi connectivity index (χ1v) is 10.8. The maximum absolute atomic E-state index is 12.2. The van der Waals surface area contributed by atoms with Crippen LogP contribution in [0.2, 0.25) is 0 Å². The molecule has 0 spiro atoms. The van der Waals surface area contributed by atoms with Gasteiger partial charge in [0, 0.05) is 13.0 Å². The lowest BCUT2D eigenvalue weighted by atomic mass is 9.44. The van der Waals surface area contributed by atoms with Crippen LogP contribution in [0.4, 0.5) is 0 Å². The van der Waals surface area contributed by atoms with E-state index >= 15 is 0 Å². The van der Waals surface area contributed by atoms with Crippen LogP contribution in [0.1, 0.15) is 85.5 Å². The fourth-order valence-corrected chi connectivity index (χ4v) is 8.14. The van der Waals surface area contributed by atoms with E-state index in [2.05, 4.69) is 20.8 Å². The average Bonchev–Trinajstić information content (AvgIpc) is 2.95. The highest BCUT2D eigenvalue weighted by molar-refractivity contribution is 5.79. The molecule has 0 amide bonds. The van der Waals surface area contributed by atoms with Gasteiger partial charge in [-0.2, -0.15) is 0 Å². The predicted octanol–water partition coefficient (Wildman–Crippen LogP) is 5.48. The molecule has 7 unspecified atom stereocenters. The van der Waals surface area contributed by atoms with Gasteiger partial charge in [0.25, 0.3) is 0 Å². The second-order valence-corrected chi connectivity index (χ2v) is 10.3. The van der Waals surface area contributed by atoms with Gasteiger partial charge in [-0.15, -0.1) is 0 Å². The van der Waals surface area contributed by atoms with Crippen LogP contribution in [0.25, 0.3) is 0 Å². The zero-order chi connectivity index (χ0) is 18.4. The second-order valence-electron chi connectivity index (χ2n) is 10.3. The summed E-state index contributed by atoms with van der Waals surface area (Å²) in [6, 6.07) is 0. The number of aliphatic hydroxyl groups excluding tert-OH is 1. The van der Waals surface area contributed by atoms with Crippen LogP contribution >= 0.6 is 0 Å².